The molecule has 0 saturated carbocycles. The number of likely N-dealkylation sites (tertiary alicyclic amines) is 1. The van der Waals surface area contributed by atoms with E-state index in [1.54, 1.807) is 17.0 Å². The molecule has 0 radical (unpaired) electrons. The summed E-state index contributed by atoms with van der Waals surface area (Å²) in [4.78, 5) is 31.5. The van der Waals surface area contributed by atoms with Gasteiger partial charge in [-0.15, -0.1) is 0 Å². The number of piperidine rings is 1. The van der Waals surface area contributed by atoms with E-state index in [2.05, 4.69) is 10.2 Å². The van der Waals surface area contributed by atoms with Crippen LogP contribution in [0.4, 0.5) is 4.39 Å². The van der Waals surface area contributed by atoms with E-state index in [4.69, 9.17) is 0 Å². The average molecular weight is 405 g/mol. The second kappa shape index (κ2) is 11.3. The monoisotopic (exact) mass is 404 g/mol. The number of carbonyl (C=O) groups excluding carboxylic acids is 2. The minimum absolute atomic E-state index is 0.0829. The van der Waals surface area contributed by atoms with Gasteiger partial charge >= 0.3 is 0 Å². The van der Waals surface area contributed by atoms with Gasteiger partial charge in [0.1, 0.15) is 5.82 Å². The predicted molar refractivity (Wildman–Crippen MR) is 111 cm³/mol. The van der Waals surface area contributed by atoms with Crippen LogP contribution >= 0.6 is 0 Å². The zero-order valence-electron chi connectivity index (χ0n) is 17.2. The maximum atomic E-state index is 13.6. The molecule has 1 aromatic carbocycles. The average Bonchev–Trinajstić information content (AvgIpc) is 2.76. The summed E-state index contributed by atoms with van der Waals surface area (Å²) in [5.41, 5.74) is 0.345. The molecule has 2 heterocycles. The summed E-state index contributed by atoms with van der Waals surface area (Å²) < 4.78 is 13.6. The van der Waals surface area contributed by atoms with Gasteiger partial charge in [-0.05, 0) is 57.1 Å². The van der Waals surface area contributed by atoms with E-state index in [0.29, 0.717) is 38.2 Å². The number of nitrogens with zero attached hydrogens (tertiary/aromatic N) is 3. The lowest BCUT2D eigenvalue weighted by Crippen LogP contribution is -2.47. The third-order valence-electron chi connectivity index (χ3n) is 5.78. The van der Waals surface area contributed by atoms with Crippen molar-refractivity contribution >= 4 is 11.8 Å². The van der Waals surface area contributed by atoms with Crippen LogP contribution < -0.4 is 5.32 Å². The van der Waals surface area contributed by atoms with Crippen molar-refractivity contribution in [1.29, 1.82) is 0 Å². The minimum atomic E-state index is -0.416. The van der Waals surface area contributed by atoms with Crippen LogP contribution in [0.2, 0.25) is 0 Å². The standard InChI is InChI=1S/C22H33FN4O2/c23-20-7-4-6-19(18-20)22(29)27(14-5-13-25-11-2-1-3-12-25)15-8-21(28)26-16-9-24-10-17-26/h4,6-7,18,24H,1-3,5,8-17H2. The first-order valence-electron chi connectivity index (χ1n) is 10.9. The highest BCUT2D eigenvalue weighted by atomic mass is 19.1. The maximum absolute atomic E-state index is 13.6. The molecule has 0 aromatic heterocycles. The Morgan fingerprint density at radius 1 is 1.03 bits per heavy atom. The summed E-state index contributed by atoms with van der Waals surface area (Å²) in [5, 5.41) is 3.24. The second-order valence-corrected chi connectivity index (χ2v) is 7.94. The number of benzene rings is 1. The predicted octanol–water partition coefficient (Wildman–Crippen LogP) is 1.97. The highest BCUT2D eigenvalue weighted by Crippen LogP contribution is 2.12. The van der Waals surface area contributed by atoms with Crippen LogP contribution in [0.5, 0.6) is 0 Å². The Morgan fingerprint density at radius 2 is 1.79 bits per heavy atom. The van der Waals surface area contributed by atoms with Crippen LogP contribution in [0.3, 0.4) is 0 Å². The van der Waals surface area contributed by atoms with E-state index in [1.165, 1.54) is 31.4 Å². The van der Waals surface area contributed by atoms with E-state index in [0.717, 1.165) is 39.1 Å². The Labute approximate surface area is 173 Å². The van der Waals surface area contributed by atoms with E-state index in [9.17, 15) is 14.0 Å². The highest BCUT2D eigenvalue weighted by Gasteiger charge is 2.21. The summed E-state index contributed by atoms with van der Waals surface area (Å²) >= 11 is 0. The van der Waals surface area contributed by atoms with Gasteiger partial charge in [0, 0.05) is 51.3 Å². The lowest BCUT2D eigenvalue weighted by atomic mass is 10.1. The Kier molecular flexibility index (Phi) is 8.43. The summed E-state index contributed by atoms with van der Waals surface area (Å²) in [6.45, 7) is 7.22. The van der Waals surface area contributed by atoms with E-state index in [-0.39, 0.29) is 11.8 Å². The molecule has 0 bridgehead atoms. The van der Waals surface area contributed by atoms with Gasteiger partial charge in [0.15, 0.2) is 0 Å². The van der Waals surface area contributed by atoms with Gasteiger partial charge in [0.05, 0.1) is 0 Å². The Hall–Kier alpha value is -1.99. The molecule has 1 aromatic rings. The molecule has 160 valence electrons. The minimum Gasteiger partial charge on any atom is -0.340 e. The van der Waals surface area contributed by atoms with Crippen LogP contribution in [-0.2, 0) is 4.79 Å². The molecule has 7 heteroatoms. The third kappa shape index (κ3) is 6.78. The first kappa shape index (κ1) is 21.7. The normalized spacial score (nSPS) is 17.9. The molecule has 2 aliphatic rings. The van der Waals surface area contributed by atoms with E-state index >= 15 is 0 Å². The summed E-state index contributed by atoms with van der Waals surface area (Å²) in [6, 6.07) is 5.81. The number of nitrogens with one attached hydrogen (secondary N) is 1. The molecular weight excluding hydrogens is 371 g/mol. The number of amides is 2. The Bertz CT molecular complexity index is 673. The molecule has 1 N–H and O–H groups in total. The lowest BCUT2D eigenvalue weighted by Gasteiger charge is -2.30. The van der Waals surface area contributed by atoms with Crippen molar-refractivity contribution in [3.8, 4) is 0 Å². The van der Waals surface area contributed by atoms with Crippen molar-refractivity contribution in [2.75, 3.05) is 58.9 Å². The largest absolute Gasteiger partial charge is 0.340 e. The summed E-state index contributed by atoms with van der Waals surface area (Å²) in [7, 11) is 0. The van der Waals surface area contributed by atoms with Gasteiger partial charge in [-0.2, -0.15) is 0 Å². The molecular formula is C22H33FN4O2. The highest BCUT2D eigenvalue weighted by molar-refractivity contribution is 5.94. The molecule has 2 saturated heterocycles. The number of rotatable bonds is 8. The number of carbonyl (C=O) groups is 2. The van der Waals surface area contributed by atoms with Gasteiger partial charge in [-0.3, -0.25) is 9.59 Å². The van der Waals surface area contributed by atoms with Crippen LogP contribution in [0, 0.1) is 5.82 Å². The van der Waals surface area contributed by atoms with Crippen molar-refractivity contribution in [3.63, 3.8) is 0 Å². The van der Waals surface area contributed by atoms with Gasteiger partial charge in [-0.25, -0.2) is 4.39 Å². The quantitative estimate of drug-likeness (QED) is 0.720. The van der Waals surface area contributed by atoms with Crippen molar-refractivity contribution in [2.24, 2.45) is 0 Å². The van der Waals surface area contributed by atoms with E-state index < -0.39 is 5.82 Å². The van der Waals surface area contributed by atoms with Crippen LogP contribution in [0.15, 0.2) is 24.3 Å². The van der Waals surface area contributed by atoms with Crippen LogP contribution in [0.25, 0.3) is 0 Å². The molecule has 2 fully saturated rings. The smallest absolute Gasteiger partial charge is 0.253 e. The molecule has 6 nitrogen and oxygen atoms in total. The van der Waals surface area contributed by atoms with Gasteiger partial charge in [-0.1, -0.05) is 12.5 Å². The second-order valence-electron chi connectivity index (χ2n) is 7.94. The first-order valence-corrected chi connectivity index (χ1v) is 10.9. The fourth-order valence-corrected chi connectivity index (χ4v) is 4.09. The molecule has 2 aliphatic heterocycles. The number of hydrogen-bond donors (Lipinski definition) is 1. The lowest BCUT2D eigenvalue weighted by molar-refractivity contribution is -0.131. The van der Waals surface area contributed by atoms with Crippen molar-refractivity contribution in [2.45, 2.75) is 32.1 Å². The summed E-state index contributed by atoms with van der Waals surface area (Å²) in [6.07, 6.45) is 4.96. The van der Waals surface area contributed by atoms with Crippen molar-refractivity contribution in [3.05, 3.63) is 35.6 Å². The number of piperazine rings is 1. The van der Waals surface area contributed by atoms with E-state index in [1.807, 2.05) is 4.90 Å². The molecule has 0 spiro atoms. The molecule has 3 rings (SSSR count). The molecule has 0 atom stereocenters. The fraction of sp³-hybridized carbons (Fsp3) is 0.636. The Balaban J connectivity index is 1.57. The number of hydrogen-bond acceptors (Lipinski definition) is 4. The third-order valence-corrected chi connectivity index (χ3v) is 5.78. The topological polar surface area (TPSA) is 55.9 Å². The first-order chi connectivity index (χ1) is 14.1. The van der Waals surface area contributed by atoms with Crippen LogP contribution in [-0.4, -0.2) is 85.4 Å². The SMILES string of the molecule is O=C(CCN(CCCN1CCCCC1)C(=O)c1cccc(F)c1)N1CCNCC1. The maximum Gasteiger partial charge on any atom is 0.253 e. The van der Waals surface area contributed by atoms with Gasteiger partial charge in [0.2, 0.25) is 5.91 Å². The van der Waals surface area contributed by atoms with Crippen LogP contribution in [0.1, 0.15) is 42.5 Å². The van der Waals surface area contributed by atoms with Crippen molar-refractivity contribution < 1.29 is 14.0 Å². The fourth-order valence-electron chi connectivity index (χ4n) is 4.09. The zero-order valence-corrected chi connectivity index (χ0v) is 17.2. The van der Waals surface area contributed by atoms with Gasteiger partial charge in [0.25, 0.3) is 5.91 Å². The summed E-state index contributed by atoms with van der Waals surface area (Å²) in [5.74, 6) is -0.531. The zero-order chi connectivity index (χ0) is 20.5. The van der Waals surface area contributed by atoms with Gasteiger partial charge < -0.3 is 20.0 Å². The molecule has 0 unspecified atom stereocenters. The Morgan fingerprint density at radius 3 is 2.52 bits per heavy atom. The molecule has 2 amide bonds. The molecule has 0 aliphatic carbocycles. The molecule has 29 heavy (non-hydrogen) atoms. The number of halogens is 1. The van der Waals surface area contributed by atoms with Crippen molar-refractivity contribution in [1.82, 2.24) is 20.0 Å².